The van der Waals surface area contributed by atoms with Crippen LogP contribution >= 0.6 is 15.9 Å². The Hall–Kier alpha value is -1.69. The standard InChI is InChI=1S/C13H16BrN3O2/c1-13(2,3)16-11(18)12(19)17-15-8-9-5-4-6-10(14)7-9/h4-8H,1-3H3,(H,16,18)(H,17,19)/b15-8-. The van der Waals surface area contributed by atoms with E-state index in [9.17, 15) is 9.59 Å². The highest BCUT2D eigenvalue weighted by Gasteiger charge is 2.19. The van der Waals surface area contributed by atoms with Crippen LogP contribution in [0, 0.1) is 0 Å². The minimum atomic E-state index is -0.791. The van der Waals surface area contributed by atoms with E-state index in [1.54, 1.807) is 20.8 Å². The van der Waals surface area contributed by atoms with Gasteiger partial charge in [-0.25, -0.2) is 5.43 Å². The van der Waals surface area contributed by atoms with Crippen molar-refractivity contribution < 1.29 is 9.59 Å². The fourth-order valence-corrected chi connectivity index (χ4v) is 1.62. The molecule has 5 nitrogen and oxygen atoms in total. The second-order valence-electron chi connectivity index (χ2n) is 4.96. The molecule has 0 aromatic heterocycles. The van der Waals surface area contributed by atoms with Gasteiger partial charge in [-0.1, -0.05) is 28.1 Å². The van der Waals surface area contributed by atoms with Crippen LogP contribution < -0.4 is 10.7 Å². The smallest absolute Gasteiger partial charge is 0.329 e. The maximum absolute atomic E-state index is 11.5. The maximum Gasteiger partial charge on any atom is 0.329 e. The van der Waals surface area contributed by atoms with Crippen molar-refractivity contribution in [2.75, 3.05) is 0 Å². The molecule has 0 aliphatic rings. The number of carbonyl (C=O) groups excluding carboxylic acids is 2. The van der Waals surface area contributed by atoms with Gasteiger partial charge in [0.1, 0.15) is 0 Å². The predicted octanol–water partition coefficient (Wildman–Crippen LogP) is 1.81. The van der Waals surface area contributed by atoms with E-state index in [0.29, 0.717) is 0 Å². The van der Waals surface area contributed by atoms with Crippen molar-refractivity contribution in [3.63, 3.8) is 0 Å². The second-order valence-corrected chi connectivity index (χ2v) is 5.87. The lowest BCUT2D eigenvalue weighted by molar-refractivity contribution is -0.140. The van der Waals surface area contributed by atoms with Crippen LogP contribution in [0.2, 0.25) is 0 Å². The fourth-order valence-electron chi connectivity index (χ4n) is 1.20. The highest BCUT2D eigenvalue weighted by atomic mass is 79.9. The molecule has 0 radical (unpaired) electrons. The molecule has 0 aliphatic carbocycles. The summed E-state index contributed by atoms with van der Waals surface area (Å²) in [7, 11) is 0. The molecule has 1 aromatic carbocycles. The average molecular weight is 326 g/mol. The third kappa shape index (κ3) is 6.15. The Morgan fingerprint density at radius 2 is 1.95 bits per heavy atom. The third-order valence-corrected chi connectivity index (χ3v) is 2.42. The molecule has 2 N–H and O–H groups in total. The molecule has 2 amide bonds. The number of benzene rings is 1. The molecule has 0 heterocycles. The van der Waals surface area contributed by atoms with E-state index in [2.05, 4.69) is 31.8 Å². The Kier molecular flexibility index (Phi) is 5.23. The van der Waals surface area contributed by atoms with E-state index in [0.717, 1.165) is 10.0 Å². The van der Waals surface area contributed by atoms with E-state index in [1.165, 1.54) is 6.21 Å². The lowest BCUT2D eigenvalue weighted by Crippen LogP contribution is -2.47. The van der Waals surface area contributed by atoms with Crippen molar-refractivity contribution in [3.05, 3.63) is 34.3 Å². The topological polar surface area (TPSA) is 70.6 Å². The summed E-state index contributed by atoms with van der Waals surface area (Å²) in [6, 6.07) is 7.40. The van der Waals surface area contributed by atoms with E-state index in [4.69, 9.17) is 0 Å². The van der Waals surface area contributed by atoms with Gasteiger partial charge in [-0.3, -0.25) is 9.59 Å². The fraction of sp³-hybridized carbons (Fsp3) is 0.308. The summed E-state index contributed by atoms with van der Waals surface area (Å²) >= 11 is 3.33. The molecule has 6 heteroatoms. The van der Waals surface area contributed by atoms with Crippen molar-refractivity contribution >= 4 is 34.0 Å². The minimum Gasteiger partial charge on any atom is -0.343 e. The SMILES string of the molecule is CC(C)(C)NC(=O)C(=O)N/N=C\c1cccc(Br)c1. The highest BCUT2D eigenvalue weighted by Crippen LogP contribution is 2.09. The van der Waals surface area contributed by atoms with Crippen molar-refractivity contribution in [3.8, 4) is 0 Å². The summed E-state index contributed by atoms with van der Waals surface area (Å²) in [5.41, 5.74) is 2.53. The third-order valence-electron chi connectivity index (χ3n) is 1.92. The Balaban J connectivity index is 2.53. The first-order valence-electron chi connectivity index (χ1n) is 5.69. The molecule has 0 saturated carbocycles. The van der Waals surface area contributed by atoms with Crippen molar-refractivity contribution in [1.29, 1.82) is 0 Å². The Morgan fingerprint density at radius 1 is 1.26 bits per heavy atom. The van der Waals surface area contributed by atoms with Gasteiger partial charge < -0.3 is 5.32 Å². The first-order valence-corrected chi connectivity index (χ1v) is 6.48. The van der Waals surface area contributed by atoms with E-state index < -0.39 is 17.4 Å². The van der Waals surface area contributed by atoms with Crippen LogP contribution in [0.4, 0.5) is 0 Å². The molecule has 0 saturated heterocycles. The van der Waals surface area contributed by atoms with Crippen LogP contribution in [0.25, 0.3) is 0 Å². The molecular weight excluding hydrogens is 310 g/mol. The van der Waals surface area contributed by atoms with Crippen molar-refractivity contribution in [2.45, 2.75) is 26.3 Å². The maximum atomic E-state index is 11.5. The van der Waals surface area contributed by atoms with Gasteiger partial charge in [-0.15, -0.1) is 0 Å². The molecule has 1 rings (SSSR count). The lowest BCUT2D eigenvalue weighted by Gasteiger charge is -2.19. The zero-order chi connectivity index (χ0) is 14.5. The predicted molar refractivity (Wildman–Crippen MR) is 77.8 cm³/mol. The Labute approximate surface area is 120 Å². The number of hydrogen-bond acceptors (Lipinski definition) is 3. The zero-order valence-electron chi connectivity index (χ0n) is 11.0. The molecule has 0 unspecified atom stereocenters. The van der Waals surface area contributed by atoms with E-state index >= 15 is 0 Å². The summed E-state index contributed by atoms with van der Waals surface area (Å²) in [5, 5.41) is 6.27. The molecule has 102 valence electrons. The molecule has 1 aromatic rings. The average Bonchev–Trinajstić information content (AvgIpc) is 2.26. The molecule has 0 aliphatic heterocycles. The lowest BCUT2D eigenvalue weighted by atomic mass is 10.1. The monoisotopic (exact) mass is 325 g/mol. The van der Waals surface area contributed by atoms with Crippen LogP contribution in [0.3, 0.4) is 0 Å². The number of rotatable bonds is 2. The minimum absolute atomic E-state index is 0.456. The first kappa shape index (κ1) is 15.4. The number of hydrogen-bond donors (Lipinski definition) is 2. The number of halogens is 1. The molecular formula is C13H16BrN3O2. The van der Waals surface area contributed by atoms with E-state index in [-0.39, 0.29) is 0 Å². The highest BCUT2D eigenvalue weighted by molar-refractivity contribution is 9.10. The van der Waals surface area contributed by atoms with Crippen LogP contribution in [-0.4, -0.2) is 23.6 Å². The number of nitrogens with zero attached hydrogens (tertiary/aromatic N) is 1. The summed E-state index contributed by atoms with van der Waals surface area (Å²) in [6.07, 6.45) is 1.47. The summed E-state index contributed by atoms with van der Waals surface area (Å²) in [5.74, 6) is -1.50. The first-order chi connectivity index (χ1) is 8.78. The molecule has 0 fully saturated rings. The largest absolute Gasteiger partial charge is 0.343 e. The van der Waals surface area contributed by atoms with Crippen molar-refractivity contribution in [1.82, 2.24) is 10.7 Å². The number of carbonyl (C=O) groups is 2. The summed E-state index contributed by atoms with van der Waals surface area (Å²) in [6.45, 7) is 5.38. The quantitative estimate of drug-likeness (QED) is 0.494. The molecule has 19 heavy (non-hydrogen) atoms. The molecule has 0 atom stereocenters. The van der Waals surface area contributed by atoms with Gasteiger partial charge in [0.15, 0.2) is 0 Å². The zero-order valence-corrected chi connectivity index (χ0v) is 12.6. The Bertz CT molecular complexity index is 507. The van der Waals surface area contributed by atoms with Gasteiger partial charge in [-0.2, -0.15) is 5.10 Å². The van der Waals surface area contributed by atoms with Gasteiger partial charge in [0, 0.05) is 10.0 Å². The normalized spacial score (nSPS) is 11.4. The summed E-state index contributed by atoms with van der Waals surface area (Å²) in [4.78, 5) is 22.9. The van der Waals surface area contributed by atoms with Crippen LogP contribution in [0.15, 0.2) is 33.8 Å². The van der Waals surface area contributed by atoms with Gasteiger partial charge in [0.05, 0.1) is 6.21 Å². The number of amides is 2. The summed E-state index contributed by atoms with van der Waals surface area (Å²) < 4.78 is 0.910. The van der Waals surface area contributed by atoms with E-state index in [1.807, 2.05) is 24.3 Å². The van der Waals surface area contributed by atoms with Gasteiger partial charge in [0.25, 0.3) is 0 Å². The Morgan fingerprint density at radius 3 is 2.53 bits per heavy atom. The van der Waals surface area contributed by atoms with Crippen LogP contribution in [0.5, 0.6) is 0 Å². The van der Waals surface area contributed by atoms with Crippen LogP contribution in [0.1, 0.15) is 26.3 Å². The second kappa shape index (κ2) is 6.47. The number of nitrogens with one attached hydrogen (secondary N) is 2. The molecule has 0 bridgehead atoms. The molecule has 0 spiro atoms. The van der Waals surface area contributed by atoms with Gasteiger partial charge >= 0.3 is 11.8 Å². The van der Waals surface area contributed by atoms with Crippen LogP contribution in [-0.2, 0) is 9.59 Å². The number of hydrazone groups is 1. The van der Waals surface area contributed by atoms with Gasteiger partial charge in [0.2, 0.25) is 0 Å². The van der Waals surface area contributed by atoms with Crippen molar-refractivity contribution in [2.24, 2.45) is 5.10 Å². The van der Waals surface area contributed by atoms with Gasteiger partial charge in [-0.05, 0) is 38.5 Å².